The largest absolute Gasteiger partial charge is 0.493 e. The fourth-order valence-corrected chi connectivity index (χ4v) is 2.32. The minimum atomic E-state index is -0.206. The maximum Gasteiger partial charge on any atom is 0.123 e. The first-order valence-corrected chi connectivity index (χ1v) is 8.13. The molecule has 0 unspecified atom stereocenters. The zero-order chi connectivity index (χ0) is 13.9. The van der Waals surface area contributed by atoms with Crippen molar-refractivity contribution in [2.75, 3.05) is 24.7 Å². The monoisotopic (exact) mass is 285 g/mol. The highest BCUT2D eigenvalue weighted by Gasteiger charge is 2.05. The quantitative estimate of drug-likeness (QED) is 0.660. The minimum absolute atomic E-state index is 0.206. The standard InChI is InChI=1S/C15H24FNOS/c1-3-8-17-12-13-11-14(16)6-7-15(13)18-9-5-10-19-4-2/h6-7,11,17H,3-5,8-10,12H2,1-2H3. The van der Waals surface area contributed by atoms with Crippen LogP contribution in [0.4, 0.5) is 4.39 Å². The predicted octanol–water partition coefficient (Wildman–Crippen LogP) is 3.85. The second-order valence-corrected chi connectivity index (χ2v) is 5.72. The molecule has 0 fully saturated rings. The highest BCUT2D eigenvalue weighted by atomic mass is 32.2. The Kier molecular flexibility index (Phi) is 8.67. The molecule has 108 valence electrons. The highest BCUT2D eigenvalue weighted by Crippen LogP contribution is 2.20. The lowest BCUT2D eigenvalue weighted by molar-refractivity contribution is 0.314. The van der Waals surface area contributed by atoms with Gasteiger partial charge in [0.1, 0.15) is 11.6 Å². The molecule has 0 aliphatic rings. The molecule has 1 aromatic rings. The fourth-order valence-electron chi connectivity index (χ4n) is 1.71. The second-order valence-electron chi connectivity index (χ2n) is 4.33. The number of nitrogens with one attached hydrogen (secondary N) is 1. The number of thioether (sulfide) groups is 1. The summed E-state index contributed by atoms with van der Waals surface area (Å²) in [5.74, 6) is 2.85. The van der Waals surface area contributed by atoms with E-state index in [-0.39, 0.29) is 5.82 Å². The zero-order valence-corrected chi connectivity index (χ0v) is 12.7. The zero-order valence-electron chi connectivity index (χ0n) is 11.9. The molecule has 0 aliphatic heterocycles. The number of halogens is 1. The summed E-state index contributed by atoms with van der Waals surface area (Å²) < 4.78 is 19.0. The van der Waals surface area contributed by atoms with E-state index in [1.165, 1.54) is 6.07 Å². The van der Waals surface area contributed by atoms with Crippen LogP contribution in [0.3, 0.4) is 0 Å². The molecule has 0 heterocycles. The van der Waals surface area contributed by atoms with Gasteiger partial charge in [0.15, 0.2) is 0 Å². The molecule has 2 nitrogen and oxygen atoms in total. The molecule has 19 heavy (non-hydrogen) atoms. The van der Waals surface area contributed by atoms with Crippen molar-refractivity contribution in [2.24, 2.45) is 0 Å². The Bertz CT molecular complexity index is 360. The molecule has 0 aliphatic carbocycles. The molecule has 4 heteroatoms. The van der Waals surface area contributed by atoms with E-state index < -0.39 is 0 Å². The van der Waals surface area contributed by atoms with E-state index in [0.717, 1.165) is 42.2 Å². The van der Waals surface area contributed by atoms with Crippen LogP contribution in [-0.4, -0.2) is 24.7 Å². The first-order chi connectivity index (χ1) is 9.27. The molecule has 0 saturated heterocycles. The molecule has 1 N–H and O–H groups in total. The van der Waals surface area contributed by atoms with Crippen molar-refractivity contribution in [1.82, 2.24) is 5.32 Å². The summed E-state index contributed by atoms with van der Waals surface area (Å²) in [4.78, 5) is 0. The topological polar surface area (TPSA) is 21.3 Å². The average molecular weight is 285 g/mol. The van der Waals surface area contributed by atoms with Gasteiger partial charge in [0.25, 0.3) is 0 Å². The first kappa shape index (κ1) is 16.3. The molecule has 0 radical (unpaired) electrons. The van der Waals surface area contributed by atoms with Crippen LogP contribution in [0.15, 0.2) is 18.2 Å². The lowest BCUT2D eigenvalue weighted by atomic mass is 10.2. The van der Waals surface area contributed by atoms with Gasteiger partial charge in [-0.25, -0.2) is 4.39 Å². The van der Waals surface area contributed by atoms with E-state index in [4.69, 9.17) is 4.74 Å². The Labute approximate surface area is 120 Å². The molecule has 1 rings (SSSR count). The van der Waals surface area contributed by atoms with E-state index >= 15 is 0 Å². The van der Waals surface area contributed by atoms with Crippen molar-refractivity contribution in [2.45, 2.75) is 33.2 Å². The van der Waals surface area contributed by atoms with Gasteiger partial charge in [-0.1, -0.05) is 13.8 Å². The lowest BCUT2D eigenvalue weighted by Crippen LogP contribution is -2.15. The van der Waals surface area contributed by atoms with Crippen LogP contribution >= 0.6 is 11.8 Å². The summed E-state index contributed by atoms with van der Waals surface area (Å²) >= 11 is 1.91. The predicted molar refractivity (Wildman–Crippen MR) is 81.5 cm³/mol. The van der Waals surface area contributed by atoms with E-state index in [1.807, 2.05) is 11.8 Å². The van der Waals surface area contributed by atoms with Crippen molar-refractivity contribution in [3.63, 3.8) is 0 Å². The minimum Gasteiger partial charge on any atom is -0.493 e. The number of hydrogen-bond acceptors (Lipinski definition) is 3. The van der Waals surface area contributed by atoms with Crippen LogP contribution in [0.1, 0.15) is 32.3 Å². The Morgan fingerprint density at radius 2 is 2.16 bits per heavy atom. The number of ether oxygens (including phenoxy) is 1. The third-order valence-electron chi connectivity index (χ3n) is 2.66. The molecular weight excluding hydrogens is 261 g/mol. The molecule has 1 aromatic carbocycles. The second kappa shape index (κ2) is 10.1. The van der Waals surface area contributed by atoms with Crippen molar-refractivity contribution < 1.29 is 9.13 Å². The van der Waals surface area contributed by atoms with Gasteiger partial charge in [0, 0.05) is 12.1 Å². The van der Waals surface area contributed by atoms with E-state index in [1.54, 1.807) is 12.1 Å². The van der Waals surface area contributed by atoms with Gasteiger partial charge in [-0.3, -0.25) is 0 Å². The first-order valence-electron chi connectivity index (χ1n) is 6.97. The average Bonchev–Trinajstić information content (AvgIpc) is 2.41. The molecule has 0 amide bonds. The summed E-state index contributed by atoms with van der Waals surface area (Å²) in [7, 11) is 0. The maximum absolute atomic E-state index is 13.3. The Morgan fingerprint density at radius 3 is 2.89 bits per heavy atom. The molecule has 0 spiro atoms. The van der Waals surface area contributed by atoms with Crippen LogP contribution < -0.4 is 10.1 Å². The molecule has 0 bridgehead atoms. The Morgan fingerprint density at radius 1 is 1.32 bits per heavy atom. The highest BCUT2D eigenvalue weighted by molar-refractivity contribution is 7.99. The fraction of sp³-hybridized carbons (Fsp3) is 0.600. The molecule has 0 aromatic heterocycles. The van der Waals surface area contributed by atoms with Crippen LogP contribution in [0.25, 0.3) is 0 Å². The summed E-state index contributed by atoms with van der Waals surface area (Å²) in [6.45, 7) is 6.55. The van der Waals surface area contributed by atoms with Gasteiger partial charge in [-0.05, 0) is 49.1 Å². The normalized spacial score (nSPS) is 10.7. The van der Waals surface area contributed by atoms with Gasteiger partial charge in [0.2, 0.25) is 0 Å². The van der Waals surface area contributed by atoms with Crippen molar-refractivity contribution in [3.8, 4) is 5.75 Å². The smallest absolute Gasteiger partial charge is 0.123 e. The van der Waals surface area contributed by atoms with E-state index in [2.05, 4.69) is 19.2 Å². The Hall–Kier alpha value is -0.740. The van der Waals surface area contributed by atoms with Gasteiger partial charge in [-0.2, -0.15) is 11.8 Å². The lowest BCUT2D eigenvalue weighted by Gasteiger charge is -2.12. The SMILES string of the molecule is CCCNCc1cc(F)ccc1OCCCSCC. The van der Waals surface area contributed by atoms with Crippen LogP contribution in [-0.2, 0) is 6.54 Å². The third-order valence-corrected chi connectivity index (χ3v) is 3.65. The van der Waals surface area contributed by atoms with E-state index in [0.29, 0.717) is 13.2 Å². The van der Waals surface area contributed by atoms with Gasteiger partial charge >= 0.3 is 0 Å². The van der Waals surface area contributed by atoms with Crippen molar-refractivity contribution in [1.29, 1.82) is 0 Å². The van der Waals surface area contributed by atoms with Gasteiger partial charge < -0.3 is 10.1 Å². The number of hydrogen-bond donors (Lipinski definition) is 1. The molecule has 0 atom stereocenters. The summed E-state index contributed by atoms with van der Waals surface area (Å²) in [6, 6.07) is 4.74. The van der Waals surface area contributed by atoms with Crippen molar-refractivity contribution in [3.05, 3.63) is 29.6 Å². The summed E-state index contributed by atoms with van der Waals surface area (Å²) in [5, 5.41) is 3.28. The van der Waals surface area contributed by atoms with Gasteiger partial charge in [-0.15, -0.1) is 0 Å². The maximum atomic E-state index is 13.3. The third kappa shape index (κ3) is 6.83. The summed E-state index contributed by atoms with van der Waals surface area (Å²) in [6.07, 6.45) is 2.09. The Balaban J connectivity index is 2.45. The van der Waals surface area contributed by atoms with Gasteiger partial charge in [0.05, 0.1) is 6.61 Å². The summed E-state index contributed by atoms with van der Waals surface area (Å²) in [5.41, 5.74) is 0.900. The van der Waals surface area contributed by atoms with E-state index in [9.17, 15) is 4.39 Å². The van der Waals surface area contributed by atoms with Crippen molar-refractivity contribution >= 4 is 11.8 Å². The van der Waals surface area contributed by atoms with Crippen LogP contribution in [0.5, 0.6) is 5.75 Å². The molecular formula is C15H24FNOS. The molecule has 0 saturated carbocycles. The number of rotatable bonds is 10. The number of benzene rings is 1. The van der Waals surface area contributed by atoms with Crippen LogP contribution in [0, 0.1) is 5.82 Å². The van der Waals surface area contributed by atoms with Crippen LogP contribution in [0.2, 0.25) is 0 Å².